The van der Waals surface area contributed by atoms with E-state index in [4.69, 9.17) is 0 Å². The van der Waals surface area contributed by atoms with E-state index in [2.05, 4.69) is 20.0 Å². The number of hydrogen-bond donors (Lipinski definition) is 4. The van der Waals surface area contributed by atoms with Gasteiger partial charge in [0.05, 0.1) is 10.9 Å². The Morgan fingerprint density at radius 1 is 0.886 bits per heavy atom. The Kier molecular flexibility index (Phi) is 5.01. The number of rotatable bonds is 4. The lowest BCUT2D eigenvalue weighted by molar-refractivity contribution is 0.0950. The van der Waals surface area contributed by atoms with Crippen LogP contribution in [-0.4, -0.2) is 36.9 Å². The summed E-state index contributed by atoms with van der Waals surface area (Å²) in [7, 11) is -3.85. The van der Waals surface area contributed by atoms with E-state index in [1.807, 2.05) is 61.7 Å². The number of amides is 1. The lowest BCUT2D eigenvalue weighted by Gasteiger charge is -2.26. The highest BCUT2D eigenvalue weighted by Crippen LogP contribution is 2.40. The molecule has 0 radical (unpaired) electrons. The van der Waals surface area contributed by atoms with Crippen LogP contribution in [0.2, 0.25) is 0 Å². The number of aromatic nitrogens is 2. The van der Waals surface area contributed by atoms with Crippen molar-refractivity contribution in [1.82, 2.24) is 20.0 Å². The van der Waals surface area contributed by atoms with Crippen LogP contribution in [0.3, 0.4) is 0 Å². The molecule has 0 bridgehead atoms. The minimum atomic E-state index is -3.85. The summed E-state index contributed by atoms with van der Waals surface area (Å²) in [4.78, 5) is 19.9. The fourth-order valence-electron chi connectivity index (χ4n) is 5.09. The average molecular weight is 485 g/mol. The molecule has 2 atom stereocenters. The highest BCUT2D eigenvalue weighted by Gasteiger charge is 2.38. The Bertz CT molecular complexity index is 1680. The Morgan fingerprint density at radius 2 is 1.57 bits per heavy atom. The molecule has 4 N–H and O–H groups in total. The molecule has 176 valence electrons. The maximum absolute atomic E-state index is 13.5. The smallest absolute Gasteiger partial charge is 0.268 e. The minimum Gasteiger partial charge on any atom is -0.361 e. The molecule has 0 saturated carbocycles. The lowest BCUT2D eigenvalue weighted by atomic mass is 9.84. The van der Waals surface area contributed by atoms with Gasteiger partial charge in [0.25, 0.3) is 5.91 Å². The van der Waals surface area contributed by atoms with Crippen LogP contribution in [0.15, 0.2) is 83.9 Å². The molecular weight excluding hydrogens is 460 g/mol. The van der Waals surface area contributed by atoms with E-state index >= 15 is 0 Å². The van der Waals surface area contributed by atoms with E-state index in [9.17, 15) is 13.2 Å². The number of hydrogen-bond acceptors (Lipinski definition) is 3. The second-order valence-corrected chi connectivity index (χ2v) is 10.7. The van der Waals surface area contributed by atoms with E-state index in [0.29, 0.717) is 5.69 Å². The first kappa shape index (κ1) is 21.6. The number of carbonyl (C=O) groups excluding carboxylic acids is 1. The van der Waals surface area contributed by atoms with Crippen molar-refractivity contribution in [2.45, 2.75) is 23.8 Å². The molecule has 7 nitrogen and oxygen atoms in total. The van der Waals surface area contributed by atoms with Crippen LogP contribution in [0, 0.1) is 6.92 Å². The monoisotopic (exact) mass is 484 g/mol. The van der Waals surface area contributed by atoms with E-state index in [1.165, 1.54) is 0 Å². The number of para-hydroxylation sites is 2. The van der Waals surface area contributed by atoms with Crippen LogP contribution in [0.5, 0.6) is 0 Å². The molecule has 1 aliphatic heterocycles. The quantitative estimate of drug-likeness (QED) is 0.307. The fraction of sp³-hybridized carbons (Fsp3) is 0.148. The maximum atomic E-state index is 13.5. The summed E-state index contributed by atoms with van der Waals surface area (Å²) in [6, 6.07) is 21.8. The number of nitrogens with one attached hydrogen (secondary N) is 4. The minimum absolute atomic E-state index is 0.144. The van der Waals surface area contributed by atoms with Gasteiger partial charge >= 0.3 is 0 Å². The van der Waals surface area contributed by atoms with Gasteiger partial charge in [0.1, 0.15) is 5.69 Å². The van der Waals surface area contributed by atoms with Crippen molar-refractivity contribution in [3.8, 4) is 0 Å². The first-order valence-corrected chi connectivity index (χ1v) is 12.9. The molecule has 6 rings (SSSR count). The number of benzene rings is 3. The zero-order valence-electron chi connectivity index (χ0n) is 19.0. The third-order valence-electron chi connectivity index (χ3n) is 6.76. The second-order valence-electron chi connectivity index (χ2n) is 8.98. The van der Waals surface area contributed by atoms with Crippen LogP contribution in [0.1, 0.15) is 33.1 Å². The summed E-state index contributed by atoms with van der Waals surface area (Å²) in [5.74, 6) is -0.672. The first-order chi connectivity index (χ1) is 16.9. The number of carbonyl (C=O) groups is 1. The van der Waals surface area contributed by atoms with Crippen molar-refractivity contribution >= 4 is 37.7 Å². The van der Waals surface area contributed by atoms with E-state index in [0.717, 1.165) is 38.5 Å². The third-order valence-corrected chi connectivity index (χ3v) is 8.27. The van der Waals surface area contributed by atoms with Crippen LogP contribution in [0.4, 0.5) is 0 Å². The summed E-state index contributed by atoms with van der Waals surface area (Å²) < 4.78 is 29.8. The normalized spacial score (nSPS) is 18.4. The molecule has 3 aromatic carbocycles. The summed E-state index contributed by atoms with van der Waals surface area (Å²) in [5, 5.41) is 4.81. The number of fused-ring (bicyclic) bond motifs is 4. The van der Waals surface area contributed by atoms with Gasteiger partial charge in [0.2, 0.25) is 10.0 Å². The topological polar surface area (TPSA) is 107 Å². The number of H-pyrrole nitrogens is 2. The first-order valence-electron chi connectivity index (χ1n) is 11.5. The Morgan fingerprint density at radius 3 is 2.34 bits per heavy atom. The molecule has 1 aliphatic rings. The third kappa shape index (κ3) is 3.62. The highest BCUT2D eigenvalue weighted by atomic mass is 32.2. The van der Waals surface area contributed by atoms with Crippen LogP contribution < -0.4 is 10.0 Å². The van der Waals surface area contributed by atoms with Gasteiger partial charge in [-0.3, -0.25) is 4.79 Å². The molecule has 0 saturated heterocycles. The van der Waals surface area contributed by atoms with Gasteiger partial charge in [-0.15, -0.1) is 0 Å². The number of sulfonamides is 1. The molecule has 2 aromatic heterocycles. The zero-order chi connectivity index (χ0) is 24.2. The molecule has 3 heterocycles. The van der Waals surface area contributed by atoms with Gasteiger partial charge in [-0.1, -0.05) is 54.1 Å². The van der Waals surface area contributed by atoms with Gasteiger partial charge in [0, 0.05) is 40.5 Å². The summed E-state index contributed by atoms with van der Waals surface area (Å²) in [6.45, 7) is 2.06. The largest absolute Gasteiger partial charge is 0.361 e. The predicted octanol–water partition coefficient (Wildman–Crippen LogP) is 4.18. The van der Waals surface area contributed by atoms with E-state index in [1.54, 1.807) is 24.3 Å². The van der Waals surface area contributed by atoms with Crippen molar-refractivity contribution < 1.29 is 13.2 Å². The molecule has 0 spiro atoms. The molecule has 0 unspecified atom stereocenters. The van der Waals surface area contributed by atoms with Crippen LogP contribution in [-0.2, 0) is 10.0 Å². The molecule has 1 amide bonds. The standard InChI is InChI=1S/C27H24N4O3S/c1-16-10-12-17(13-11-16)35(33,34)31-23-15-29-27(32)26-25(19-7-3-5-9-22(19)30-26)24(23)20-14-28-21-8-4-2-6-18(20)21/h2-14,23-24,28,30-31H,15H2,1H3,(H,29,32)/t23-,24+/m0/s1. The fourth-order valence-corrected chi connectivity index (χ4v) is 6.34. The Balaban J connectivity index is 1.56. The van der Waals surface area contributed by atoms with Gasteiger partial charge in [-0.25, -0.2) is 13.1 Å². The molecular formula is C27H24N4O3S. The molecule has 0 aliphatic carbocycles. The summed E-state index contributed by atoms with van der Waals surface area (Å²) >= 11 is 0. The maximum Gasteiger partial charge on any atom is 0.268 e. The molecule has 5 aromatic rings. The summed E-state index contributed by atoms with van der Waals surface area (Å²) in [6.07, 6.45) is 1.92. The molecule has 35 heavy (non-hydrogen) atoms. The molecule has 8 heteroatoms. The second kappa shape index (κ2) is 8.11. The van der Waals surface area contributed by atoms with Gasteiger partial charge in [0.15, 0.2) is 0 Å². The predicted molar refractivity (Wildman–Crippen MR) is 136 cm³/mol. The average Bonchev–Trinajstić information content (AvgIpc) is 3.42. The van der Waals surface area contributed by atoms with Crippen molar-refractivity contribution in [2.75, 3.05) is 6.54 Å². The Hall–Kier alpha value is -3.88. The van der Waals surface area contributed by atoms with Crippen LogP contribution >= 0.6 is 0 Å². The van der Waals surface area contributed by atoms with Gasteiger partial charge in [-0.2, -0.15) is 0 Å². The number of aromatic amines is 2. The molecule has 0 fully saturated rings. The van der Waals surface area contributed by atoms with Gasteiger partial charge in [-0.05, 0) is 42.3 Å². The van der Waals surface area contributed by atoms with Gasteiger partial charge < -0.3 is 15.3 Å². The Labute approximate surface area is 202 Å². The zero-order valence-corrected chi connectivity index (χ0v) is 19.8. The van der Waals surface area contributed by atoms with Crippen molar-refractivity contribution in [2.24, 2.45) is 0 Å². The number of aryl methyl sites for hydroxylation is 1. The lowest BCUT2D eigenvalue weighted by Crippen LogP contribution is -2.45. The van der Waals surface area contributed by atoms with Crippen molar-refractivity contribution in [3.05, 3.63) is 101 Å². The van der Waals surface area contributed by atoms with E-state index in [-0.39, 0.29) is 17.3 Å². The SMILES string of the molecule is Cc1ccc(S(=O)(=O)N[C@H]2CNC(=O)c3[nH]c4ccccc4c3[C@@H]2c2c[nH]c3ccccc23)cc1. The van der Waals surface area contributed by atoms with E-state index < -0.39 is 22.0 Å². The summed E-state index contributed by atoms with van der Waals surface area (Å²) in [5.41, 5.74) is 4.94. The highest BCUT2D eigenvalue weighted by molar-refractivity contribution is 7.89. The van der Waals surface area contributed by atoms with Crippen LogP contribution in [0.25, 0.3) is 21.8 Å². The van der Waals surface area contributed by atoms with Crippen molar-refractivity contribution in [1.29, 1.82) is 0 Å². The van der Waals surface area contributed by atoms with Crippen molar-refractivity contribution in [3.63, 3.8) is 0 Å².